The minimum atomic E-state index is 0. The standard InChI is InChI=1S/2C10H8N2.Fe/c2*1-3-7-11-9(5-1)10-6-2-4-8-12-10;/h2*1-8H;/q;;+2. The van der Waals surface area contributed by atoms with Crippen LogP contribution in [0.4, 0.5) is 0 Å². The van der Waals surface area contributed by atoms with Crippen LogP contribution in [0.5, 0.6) is 0 Å². The zero-order valence-corrected chi connectivity index (χ0v) is 14.5. The molecule has 0 saturated carbocycles. The molecule has 0 aliphatic rings. The van der Waals surface area contributed by atoms with Crippen molar-refractivity contribution in [2.75, 3.05) is 0 Å². The summed E-state index contributed by atoms with van der Waals surface area (Å²) in [5.41, 5.74) is 3.66. The van der Waals surface area contributed by atoms with Crippen molar-refractivity contribution in [1.82, 2.24) is 19.9 Å². The van der Waals surface area contributed by atoms with Gasteiger partial charge in [0, 0.05) is 24.8 Å². The van der Waals surface area contributed by atoms with Gasteiger partial charge in [0.1, 0.15) is 0 Å². The number of hydrogen-bond donors (Lipinski definition) is 0. The van der Waals surface area contributed by atoms with E-state index in [4.69, 9.17) is 0 Å². The summed E-state index contributed by atoms with van der Waals surface area (Å²) in [7, 11) is 0. The summed E-state index contributed by atoms with van der Waals surface area (Å²) < 4.78 is 0. The second kappa shape index (κ2) is 10.1. The molecule has 0 unspecified atom stereocenters. The summed E-state index contributed by atoms with van der Waals surface area (Å²) in [6, 6.07) is 23.2. The predicted octanol–water partition coefficient (Wildman–Crippen LogP) is 4.28. The van der Waals surface area contributed by atoms with Gasteiger partial charge in [-0.15, -0.1) is 0 Å². The maximum absolute atomic E-state index is 4.19. The van der Waals surface area contributed by atoms with Crippen LogP contribution in [0.15, 0.2) is 97.6 Å². The second-order valence-electron chi connectivity index (χ2n) is 4.86. The fraction of sp³-hybridized carbons (Fsp3) is 0. The Morgan fingerprint density at radius 3 is 0.760 bits per heavy atom. The Hall–Kier alpha value is -2.88. The van der Waals surface area contributed by atoms with E-state index in [2.05, 4.69) is 19.9 Å². The molecule has 0 fully saturated rings. The smallest absolute Gasteiger partial charge is 0.255 e. The minimum Gasteiger partial charge on any atom is -0.255 e. The Labute approximate surface area is 157 Å². The van der Waals surface area contributed by atoms with Gasteiger partial charge in [0.05, 0.1) is 22.8 Å². The molecule has 4 heterocycles. The molecule has 0 bridgehead atoms. The van der Waals surface area contributed by atoms with E-state index >= 15 is 0 Å². The molecule has 4 aromatic heterocycles. The summed E-state index contributed by atoms with van der Waals surface area (Å²) in [6.07, 6.45) is 7.07. The van der Waals surface area contributed by atoms with E-state index in [9.17, 15) is 0 Å². The van der Waals surface area contributed by atoms with Gasteiger partial charge < -0.3 is 0 Å². The zero-order chi connectivity index (χ0) is 16.5. The molecule has 4 nitrogen and oxygen atoms in total. The van der Waals surface area contributed by atoms with Crippen molar-refractivity contribution in [2.24, 2.45) is 0 Å². The number of aromatic nitrogens is 4. The molecule has 4 rings (SSSR count). The molecule has 122 valence electrons. The molecule has 0 saturated heterocycles. The molecule has 0 radical (unpaired) electrons. The van der Waals surface area contributed by atoms with Crippen molar-refractivity contribution in [2.45, 2.75) is 0 Å². The molecule has 5 heteroatoms. The molecule has 0 aliphatic carbocycles. The molecular weight excluding hydrogens is 352 g/mol. The summed E-state index contributed by atoms with van der Waals surface area (Å²) >= 11 is 0. The van der Waals surface area contributed by atoms with Crippen molar-refractivity contribution in [3.63, 3.8) is 0 Å². The van der Waals surface area contributed by atoms with Crippen LogP contribution in [0.25, 0.3) is 22.8 Å². The fourth-order valence-corrected chi connectivity index (χ4v) is 2.06. The zero-order valence-electron chi connectivity index (χ0n) is 13.4. The van der Waals surface area contributed by atoms with Gasteiger partial charge >= 0.3 is 17.1 Å². The molecule has 0 aromatic carbocycles. The third-order valence-electron chi connectivity index (χ3n) is 3.18. The average Bonchev–Trinajstić information content (AvgIpc) is 2.71. The summed E-state index contributed by atoms with van der Waals surface area (Å²) in [5, 5.41) is 0. The second-order valence-corrected chi connectivity index (χ2v) is 4.86. The van der Waals surface area contributed by atoms with Crippen LogP contribution in [0.3, 0.4) is 0 Å². The molecule has 0 aliphatic heterocycles. The van der Waals surface area contributed by atoms with Gasteiger partial charge in [-0.2, -0.15) is 0 Å². The van der Waals surface area contributed by atoms with Crippen molar-refractivity contribution in [3.8, 4) is 22.8 Å². The molecule has 0 N–H and O–H groups in total. The van der Waals surface area contributed by atoms with E-state index in [1.165, 1.54) is 0 Å². The first-order valence-electron chi connectivity index (χ1n) is 7.58. The largest absolute Gasteiger partial charge is 2.00 e. The molecule has 0 amide bonds. The SMILES string of the molecule is [Fe+2].c1ccc(-c2ccccn2)nc1.c1ccc(-c2ccccn2)nc1. The number of rotatable bonds is 2. The third kappa shape index (κ3) is 5.60. The molecular formula is C20H16FeN4+2. The van der Waals surface area contributed by atoms with Gasteiger partial charge in [-0.1, -0.05) is 24.3 Å². The van der Waals surface area contributed by atoms with Crippen molar-refractivity contribution in [3.05, 3.63) is 97.6 Å². The normalized spacial score (nSPS) is 9.28. The first-order chi connectivity index (χ1) is 11.9. The van der Waals surface area contributed by atoms with E-state index in [-0.39, 0.29) is 17.1 Å². The predicted molar refractivity (Wildman–Crippen MR) is 94.9 cm³/mol. The average molecular weight is 368 g/mol. The molecule has 4 aromatic rings. The van der Waals surface area contributed by atoms with Crippen LogP contribution < -0.4 is 0 Å². The van der Waals surface area contributed by atoms with Crippen LogP contribution in [-0.4, -0.2) is 19.9 Å². The van der Waals surface area contributed by atoms with E-state index < -0.39 is 0 Å². The fourth-order valence-electron chi connectivity index (χ4n) is 2.06. The van der Waals surface area contributed by atoms with E-state index in [0.29, 0.717) is 0 Å². The first kappa shape index (κ1) is 18.5. The number of pyridine rings is 4. The van der Waals surface area contributed by atoms with Crippen molar-refractivity contribution in [1.29, 1.82) is 0 Å². The van der Waals surface area contributed by atoms with Crippen LogP contribution in [-0.2, 0) is 17.1 Å². The van der Waals surface area contributed by atoms with Crippen LogP contribution >= 0.6 is 0 Å². The van der Waals surface area contributed by atoms with E-state index in [1.54, 1.807) is 24.8 Å². The molecule has 0 spiro atoms. The van der Waals surface area contributed by atoms with Gasteiger partial charge in [-0.3, -0.25) is 19.9 Å². The van der Waals surface area contributed by atoms with E-state index in [1.807, 2.05) is 72.8 Å². The van der Waals surface area contributed by atoms with Crippen LogP contribution in [0, 0.1) is 0 Å². The van der Waals surface area contributed by atoms with Crippen LogP contribution in [0.2, 0.25) is 0 Å². The number of nitrogens with zero attached hydrogens (tertiary/aromatic N) is 4. The Kier molecular flexibility index (Phi) is 7.44. The van der Waals surface area contributed by atoms with Gasteiger partial charge in [0.25, 0.3) is 0 Å². The topological polar surface area (TPSA) is 51.6 Å². The maximum Gasteiger partial charge on any atom is 2.00 e. The Morgan fingerprint density at radius 1 is 0.360 bits per heavy atom. The van der Waals surface area contributed by atoms with Gasteiger partial charge in [0.2, 0.25) is 0 Å². The Bertz CT molecular complexity index is 692. The van der Waals surface area contributed by atoms with Gasteiger partial charge in [0.15, 0.2) is 0 Å². The monoisotopic (exact) mass is 368 g/mol. The number of hydrogen-bond acceptors (Lipinski definition) is 4. The minimum absolute atomic E-state index is 0. The van der Waals surface area contributed by atoms with Crippen molar-refractivity contribution < 1.29 is 17.1 Å². The van der Waals surface area contributed by atoms with Crippen molar-refractivity contribution >= 4 is 0 Å². The first-order valence-corrected chi connectivity index (χ1v) is 7.58. The van der Waals surface area contributed by atoms with Crippen LogP contribution in [0.1, 0.15) is 0 Å². The van der Waals surface area contributed by atoms with E-state index in [0.717, 1.165) is 22.8 Å². The maximum atomic E-state index is 4.19. The quantitative estimate of drug-likeness (QED) is 0.496. The Morgan fingerprint density at radius 2 is 0.600 bits per heavy atom. The van der Waals surface area contributed by atoms with Gasteiger partial charge in [-0.05, 0) is 48.5 Å². The molecule has 0 atom stereocenters. The summed E-state index contributed by atoms with van der Waals surface area (Å²) in [6.45, 7) is 0. The summed E-state index contributed by atoms with van der Waals surface area (Å²) in [4.78, 5) is 16.7. The van der Waals surface area contributed by atoms with Gasteiger partial charge in [-0.25, -0.2) is 0 Å². The summed E-state index contributed by atoms with van der Waals surface area (Å²) in [5.74, 6) is 0. The Balaban J connectivity index is 0.000000173. The molecule has 25 heavy (non-hydrogen) atoms. The third-order valence-corrected chi connectivity index (χ3v) is 3.18.